The molecule has 100 valence electrons. The maximum absolute atomic E-state index is 10.8. The van der Waals surface area contributed by atoms with Crippen LogP contribution < -0.4 is 5.32 Å². The van der Waals surface area contributed by atoms with Crippen molar-refractivity contribution in [2.75, 3.05) is 5.32 Å². The van der Waals surface area contributed by atoms with E-state index in [9.17, 15) is 4.79 Å². The molecule has 0 saturated carbocycles. The number of nitriles is 1. The van der Waals surface area contributed by atoms with E-state index >= 15 is 0 Å². The quantitative estimate of drug-likeness (QED) is 0.899. The number of aromatic carboxylic acids is 1. The molecular formula is C14H10BrN3O2. The summed E-state index contributed by atoms with van der Waals surface area (Å²) in [6, 6.07) is 12.1. The molecule has 0 saturated heterocycles. The number of anilines is 1. The van der Waals surface area contributed by atoms with Crippen molar-refractivity contribution in [3.8, 4) is 6.07 Å². The Bertz CT molecular complexity index is 695. The van der Waals surface area contributed by atoms with Crippen LogP contribution in [0.5, 0.6) is 0 Å². The molecule has 2 rings (SSSR count). The third-order valence-electron chi connectivity index (χ3n) is 2.58. The minimum atomic E-state index is -1.05. The van der Waals surface area contributed by atoms with Gasteiger partial charge in [-0.1, -0.05) is 6.07 Å². The van der Waals surface area contributed by atoms with Crippen LogP contribution in [0.15, 0.2) is 40.9 Å². The Kier molecular flexibility index (Phi) is 4.33. The molecule has 2 aromatic rings. The first-order valence-electron chi connectivity index (χ1n) is 5.73. The summed E-state index contributed by atoms with van der Waals surface area (Å²) in [7, 11) is 0. The Balaban J connectivity index is 2.11. The molecule has 0 aliphatic rings. The molecule has 0 aliphatic carbocycles. The molecule has 0 unspecified atom stereocenters. The van der Waals surface area contributed by atoms with Crippen molar-refractivity contribution in [2.45, 2.75) is 6.54 Å². The summed E-state index contributed by atoms with van der Waals surface area (Å²) in [4.78, 5) is 14.9. The summed E-state index contributed by atoms with van der Waals surface area (Å²) >= 11 is 3.37. The lowest BCUT2D eigenvalue weighted by atomic mass is 10.2. The van der Waals surface area contributed by atoms with E-state index in [0.717, 1.165) is 10.2 Å². The highest BCUT2D eigenvalue weighted by molar-refractivity contribution is 9.10. The molecule has 2 N–H and O–H groups in total. The zero-order chi connectivity index (χ0) is 14.5. The second-order valence-corrected chi connectivity index (χ2v) is 4.83. The fourth-order valence-electron chi connectivity index (χ4n) is 1.61. The molecule has 5 nitrogen and oxygen atoms in total. The van der Waals surface area contributed by atoms with E-state index in [0.29, 0.717) is 17.8 Å². The molecule has 0 bridgehead atoms. The third-order valence-corrected chi connectivity index (χ3v) is 3.24. The van der Waals surface area contributed by atoms with Crippen LogP contribution >= 0.6 is 15.9 Å². The van der Waals surface area contributed by atoms with Crippen molar-refractivity contribution in [1.82, 2.24) is 4.98 Å². The summed E-state index contributed by atoms with van der Waals surface area (Å²) < 4.78 is 0.769. The van der Waals surface area contributed by atoms with Crippen LogP contribution in [0, 0.1) is 11.3 Å². The van der Waals surface area contributed by atoms with Gasteiger partial charge in [-0.3, -0.25) is 0 Å². The van der Waals surface area contributed by atoms with Gasteiger partial charge in [-0.15, -0.1) is 0 Å². The van der Waals surface area contributed by atoms with Gasteiger partial charge in [0, 0.05) is 10.2 Å². The first-order chi connectivity index (χ1) is 9.60. The number of carbonyl (C=O) groups is 1. The maximum atomic E-state index is 10.8. The highest BCUT2D eigenvalue weighted by Gasteiger charge is 2.06. The number of rotatable bonds is 4. The van der Waals surface area contributed by atoms with E-state index in [2.05, 4.69) is 32.3 Å². The van der Waals surface area contributed by atoms with Gasteiger partial charge in [0.2, 0.25) is 0 Å². The van der Waals surface area contributed by atoms with E-state index in [-0.39, 0.29) is 5.69 Å². The molecule has 0 fully saturated rings. The number of halogens is 1. The van der Waals surface area contributed by atoms with Gasteiger partial charge in [-0.2, -0.15) is 5.26 Å². The van der Waals surface area contributed by atoms with Gasteiger partial charge in [0.25, 0.3) is 0 Å². The number of benzene rings is 1. The Hall–Kier alpha value is -2.39. The first kappa shape index (κ1) is 14.0. The monoisotopic (exact) mass is 331 g/mol. The predicted molar refractivity (Wildman–Crippen MR) is 77.4 cm³/mol. The largest absolute Gasteiger partial charge is 0.477 e. The molecule has 0 radical (unpaired) electrons. The van der Waals surface area contributed by atoms with Crippen LogP contribution in [0.25, 0.3) is 0 Å². The summed E-state index contributed by atoms with van der Waals surface area (Å²) in [5.74, 6) is -1.05. The van der Waals surface area contributed by atoms with E-state index in [4.69, 9.17) is 10.4 Å². The highest BCUT2D eigenvalue weighted by atomic mass is 79.9. The van der Waals surface area contributed by atoms with Crippen LogP contribution in [-0.4, -0.2) is 16.1 Å². The molecule has 0 amide bonds. The van der Waals surface area contributed by atoms with Crippen molar-refractivity contribution < 1.29 is 9.90 Å². The van der Waals surface area contributed by atoms with Crippen LogP contribution in [0.1, 0.15) is 21.7 Å². The highest BCUT2D eigenvalue weighted by Crippen LogP contribution is 2.23. The van der Waals surface area contributed by atoms with Crippen LogP contribution in [0.4, 0.5) is 5.69 Å². The number of hydrogen-bond acceptors (Lipinski definition) is 4. The second-order valence-electron chi connectivity index (χ2n) is 3.98. The number of aromatic nitrogens is 1. The smallest absolute Gasteiger partial charge is 0.354 e. The first-order valence-corrected chi connectivity index (χ1v) is 6.52. The number of hydrogen-bond donors (Lipinski definition) is 2. The third kappa shape index (κ3) is 3.33. The van der Waals surface area contributed by atoms with Crippen molar-refractivity contribution in [3.05, 3.63) is 57.8 Å². The van der Waals surface area contributed by atoms with Crippen molar-refractivity contribution in [1.29, 1.82) is 5.26 Å². The van der Waals surface area contributed by atoms with Crippen molar-refractivity contribution in [2.24, 2.45) is 0 Å². The fraction of sp³-hybridized carbons (Fsp3) is 0.0714. The van der Waals surface area contributed by atoms with Crippen LogP contribution in [0.3, 0.4) is 0 Å². The Morgan fingerprint density at radius 2 is 2.20 bits per heavy atom. The van der Waals surface area contributed by atoms with Gasteiger partial charge < -0.3 is 10.4 Å². The number of carboxylic acids is 1. The molecule has 1 aromatic heterocycles. The Morgan fingerprint density at radius 1 is 1.40 bits per heavy atom. The molecule has 1 heterocycles. The molecule has 0 atom stereocenters. The van der Waals surface area contributed by atoms with Crippen LogP contribution in [0.2, 0.25) is 0 Å². The minimum absolute atomic E-state index is 0.0168. The van der Waals surface area contributed by atoms with Gasteiger partial charge in [0.05, 0.1) is 23.9 Å². The molecule has 0 spiro atoms. The Labute approximate surface area is 124 Å². The predicted octanol–water partition coefficient (Wildman–Crippen LogP) is 3.03. The topological polar surface area (TPSA) is 86.0 Å². The SMILES string of the molecule is N#Cc1ccc(NCc2cccc(C(=O)O)n2)c(Br)c1. The summed E-state index contributed by atoms with van der Waals surface area (Å²) in [6.45, 7) is 0.394. The fourth-order valence-corrected chi connectivity index (χ4v) is 2.13. The lowest BCUT2D eigenvalue weighted by Crippen LogP contribution is -2.06. The van der Waals surface area contributed by atoms with Gasteiger partial charge >= 0.3 is 5.97 Å². The average Bonchev–Trinajstić information content (AvgIpc) is 2.46. The molecule has 0 aliphatic heterocycles. The van der Waals surface area contributed by atoms with Gasteiger partial charge in [-0.05, 0) is 46.3 Å². The number of nitrogens with one attached hydrogen (secondary N) is 1. The summed E-state index contributed by atoms with van der Waals surface area (Å²) in [6.07, 6.45) is 0. The normalized spacial score (nSPS) is 9.80. The number of nitrogens with zero attached hydrogens (tertiary/aromatic N) is 2. The molecular weight excluding hydrogens is 322 g/mol. The van der Waals surface area contributed by atoms with E-state index in [1.165, 1.54) is 6.07 Å². The van der Waals surface area contributed by atoms with Gasteiger partial charge in [-0.25, -0.2) is 9.78 Å². The van der Waals surface area contributed by atoms with Crippen molar-refractivity contribution in [3.63, 3.8) is 0 Å². The minimum Gasteiger partial charge on any atom is -0.477 e. The summed E-state index contributed by atoms with van der Waals surface area (Å²) in [5, 5.41) is 20.8. The summed E-state index contributed by atoms with van der Waals surface area (Å²) in [5.41, 5.74) is 2.02. The van der Waals surface area contributed by atoms with E-state index in [1.54, 1.807) is 30.3 Å². The van der Waals surface area contributed by atoms with E-state index in [1.807, 2.05) is 0 Å². The molecule has 1 aromatic carbocycles. The standard InChI is InChI=1S/C14H10BrN3O2/c15-11-6-9(7-16)4-5-12(11)17-8-10-2-1-3-13(18-10)14(19)20/h1-6,17H,8H2,(H,19,20). The Morgan fingerprint density at radius 3 is 2.85 bits per heavy atom. The zero-order valence-corrected chi connectivity index (χ0v) is 11.9. The lowest BCUT2D eigenvalue weighted by molar-refractivity contribution is 0.0690. The zero-order valence-electron chi connectivity index (χ0n) is 10.3. The lowest BCUT2D eigenvalue weighted by Gasteiger charge is -2.08. The second kappa shape index (κ2) is 6.17. The van der Waals surface area contributed by atoms with Crippen molar-refractivity contribution >= 4 is 27.6 Å². The van der Waals surface area contributed by atoms with E-state index < -0.39 is 5.97 Å². The van der Waals surface area contributed by atoms with Gasteiger partial charge in [0.1, 0.15) is 5.69 Å². The average molecular weight is 332 g/mol. The number of pyridine rings is 1. The molecule has 20 heavy (non-hydrogen) atoms. The maximum Gasteiger partial charge on any atom is 0.354 e. The molecule has 6 heteroatoms. The van der Waals surface area contributed by atoms with Crippen LogP contribution in [-0.2, 0) is 6.54 Å². The number of carboxylic acid groups (broad SMARTS) is 1. The van der Waals surface area contributed by atoms with Gasteiger partial charge in [0.15, 0.2) is 0 Å².